The van der Waals surface area contributed by atoms with Crippen molar-refractivity contribution in [2.24, 2.45) is 5.41 Å². The van der Waals surface area contributed by atoms with Crippen LogP contribution in [0.3, 0.4) is 0 Å². The van der Waals surface area contributed by atoms with Gasteiger partial charge in [-0.25, -0.2) is 12.1 Å². The van der Waals surface area contributed by atoms with E-state index in [2.05, 4.69) is 45.0 Å². The van der Waals surface area contributed by atoms with Crippen LogP contribution in [0.2, 0.25) is 0 Å². The van der Waals surface area contributed by atoms with Crippen LogP contribution < -0.4 is 0 Å². The standard InChI is InChI=1S/C16H19.C5H5.7CH3.Hf/c1-4-11-5-6-12-7-13-9-16(2,3)10-14(13)8-15(11)12;1-2-4-5-3-1;;;;;;;;/h5-8H,4,9-10H2,1-3H3;1-5H;7*1H3;/q9*-1;. The Balaban J connectivity index is -0.0000000916. The van der Waals surface area contributed by atoms with Crippen LogP contribution in [-0.2, 0) is 45.1 Å². The first-order chi connectivity index (χ1) is 10.1. The average Bonchev–Trinajstić information content (AvgIpc) is 3.14. The Labute approximate surface area is 204 Å². The molecule has 3 aromatic rings. The zero-order valence-electron chi connectivity index (χ0n) is 20.8. The SMILES string of the molecule is CC[c-]1ccc2cc3c(cc21)CC(C)(C)C3.[CH3-].[CH3-].[CH3-].[CH3-].[CH3-].[CH3-].[CH3-].[Hf].c1cc[cH-]c1. The van der Waals surface area contributed by atoms with Crippen molar-refractivity contribution in [3.63, 3.8) is 0 Å². The van der Waals surface area contributed by atoms with Crippen molar-refractivity contribution in [3.8, 4) is 0 Å². The Kier molecular flexibility index (Phi) is 26.0. The zero-order valence-corrected chi connectivity index (χ0v) is 24.4. The van der Waals surface area contributed by atoms with Crippen molar-refractivity contribution in [3.05, 3.63) is 123 Å². The van der Waals surface area contributed by atoms with Gasteiger partial charge < -0.3 is 52.0 Å². The maximum atomic E-state index is 2.44. The summed E-state index contributed by atoms with van der Waals surface area (Å²) in [6.07, 6.45) is 3.63. The van der Waals surface area contributed by atoms with E-state index in [1.54, 1.807) is 11.1 Å². The van der Waals surface area contributed by atoms with E-state index in [9.17, 15) is 0 Å². The third-order valence-electron chi connectivity index (χ3n) is 4.46. The second-order valence-electron chi connectivity index (χ2n) is 6.90. The zero-order chi connectivity index (χ0) is 14.9. The van der Waals surface area contributed by atoms with Crippen LogP contribution in [-0.4, -0.2) is 0 Å². The molecule has 1 aliphatic rings. The first-order valence-corrected chi connectivity index (χ1v) is 7.96. The number of aryl methyl sites for hydroxylation is 1. The van der Waals surface area contributed by atoms with Crippen molar-refractivity contribution in [1.29, 1.82) is 0 Å². The molecule has 1 heteroatoms. The minimum absolute atomic E-state index is 0. The third-order valence-corrected chi connectivity index (χ3v) is 4.46. The number of benzene rings is 1. The third kappa shape index (κ3) is 10.1. The maximum Gasteiger partial charge on any atom is 0 e. The molecule has 4 rings (SSSR count). The predicted octanol–water partition coefficient (Wildman–Crippen LogP) is 8.80. The van der Waals surface area contributed by atoms with E-state index in [1.165, 1.54) is 29.2 Å². The van der Waals surface area contributed by atoms with Crippen molar-refractivity contribution in [2.75, 3.05) is 0 Å². The summed E-state index contributed by atoms with van der Waals surface area (Å²) in [5.41, 5.74) is 5.12. The summed E-state index contributed by atoms with van der Waals surface area (Å²) in [4.78, 5) is 0. The molecule has 0 saturated carbocycles. The fraction of sp³-hybridized carbons (Fsp3) is 0.250. The molecule has 29 heavy (non-hydrogen) atoms. The molecule has 0 amide bonds. The second-order valence-corrected chi connectivity index (χ2v) is 6.90. The summed E-state index contributed by atoms with van der Waals surface area (Å²) in [6, 6.07) is 19.4. The molecule has 0 unspecified atom stereocenters. The van der Waals surface area contributed by atoms with Crippen LogP contribution in [0.4, 0.5) is 0 Å². The van der Waals surface area contributed by atoms with E-state index >= 15 is 0 Å². The number of hydrogen-bond acceptors (Lipinski definition) is 0. The Morgan fingerprint density at radius 2 is 1.34 bits per heavy atom. The molecular weight excluding hydrogens is 515 g/mol. The fourth-order valence-electron chi connectivity index (χ4n) is 3.46. The number of hydrogen-bond donors (Lipinski definition) is 0. The van der Waals surface area contributed by atoms with E-state index in [1.807, 2.05) is 30.3 Å². The normalized spacial score (nSPS) is 11.3. The topological polar surface area (TPSA) is 0 Å². The summed E-state index contributed by atoms with van der Waals surface area (Å²) < 4.78 is 0. The molecule has 170 valence electrons. The van der Waals surface area contributed by atoms with Crippen LogP contribution in [0.25, 0.3) is 10.8 Å². The molecule has 0 fully saturated rings. The molecule has 0 aliphatic heterocycles. The smallest absolute Gasteiger partial charge is 0 e. The molecule has 0 spiro atoms. The molecule has 0 radical (unpaired) electrons. The van der Waals surface area contributed by atoms with Crippen LogP contribution in [0.15, 0.2) is 54.6 Å². The quantitative estimate of drug-likeness (QED) is 0.206. The monoisotopic (exact) mass is 561 g/mol. The molecule has 0 N–H and O–H groups in total. The molecule has 0 bridgehead atoms. The van der Waals surface area contributed by atoms with E-state index in [0.717, 1.165) is 6.42 Å². The van der Waals surface area contributed by atoms with Crippen LogP contribution in [0.5, 0.6) is 0 Å². The Bertz CT molecular complexity index is 697. The van der Waals surface area contributed by atoms with Crippen molar-refractivity contribution in [1.82, 2.24) is 0 Å². The Morgan fingerprint density at radius 1 is 0.862 bits per heavy atom. The van der Waals surface area contributed by atoms with Gasteiger partial charge >= 0.3 is 0 Å². The minimum Gasteiger partial charge on any atom is -0.358 e. The summed E-state index contributed by atoms with van der Waals surface area (Å²) in [5.74, 6) is 0. The molecule has 1 aliphatic carbocycles. The van der Waals surface area contributed by atoms with Crippen molar-refractivity contribution in [2.45, 2.75) is 40.0 Å². The number of rotatable bonds is 1. The van der Waals surface area contributed by atoms with Gasteiger partial charge in [0.05, 0.1) is 0 Å². The van der Waals surface area contributed by atoms with Crippen molar-refractivity contribution >= 4 is 10.8 Å². The minimum atomic E-state index is 0. The van der Waals surface area contributed by atoms with Gasteiger partial charge in [0, 0.05) is 25.8 Å². The molecule has 3 aromatic carbocycles. The van der Waals surface area contributed by atoms with Crippen molar-refractivity contribution < 1.29 is 25.8 Å². The van der Waals surface area contributed by atoms with E-state index in [-0.39, 0.29) is 77.8 Å². The molecule has 0 aromatic heterocycles. The molecule has 0 saturated heterocycles. The van der Waals surface area contributed by atoms with E-state index in [4.69, 9.17) is 0 Å². The van der Waals surface area contributed by atoms with E-state index < -0.39 is 0 Å². The largest absolute Gasteiger partial charge is 0.358 e. The fourth-order valence-corrected chi connectivity index (χ4v) is 3.46. The summed E-state index contributed by atoms with van der Waals surface area (Å²) >= 11 is 0. The van der Waals surface area contributed by atoms with E-state index in [0.29, 0.717) is 5.41 Å². The maximum absolute atomic E-state index is 2.44. The van der Waals surface area contributed by atoms with Gasteiger partial charge in [0.2, 0.25) is 0 Å². The first kappa shape index (κ1) is 42.2. The summed E-state index contributed by atoms with van der Waals surface area (Å²) in [5, 5.41) is 2.92. The van der Waals surface area contributed by atoms with Gasteiger partial charge in [0.15, 0.2) is 0 Å². The van der Waals surface area contributed by atoms with Gasteiger partial charge in [-0.15, -0.1) is 34.5 Å². The van der Waals surface area contributed by atoms with Crippen LogP contribution >= 0.6 is 0 Å². The van der Waals surface area contributed by atoms with Gasteiger partial charge in [-0.2, -0.15) is 24.3 Å². The molecule has 0 heterocycles. The van der Waals surface area contributed by atoms with Gasteiger partial charge in [0.1, 0.15) is 0 Å². The first-order valence-electron chi connectivity index (χ1n) is 7.96. The van der Waals surface area contributed by atoms with Crippen LogP contribution in [0, 0.1) is 57.4 Å². The number of fused-ring (bicyclic) bond motifs is 2. The molecule has 0 nitrogen and oxygen atoms in total. The summed E-state index contributed by atoms with van der Waals surface area (Å²) in [7, 11) is 0. The summed E-state index contributed by atoms with van der Waals surface area (Å²) in [6.45, 7) is 6.99. The van der Waals surface area contributed by atoms with Crippen LogP contribution in [0.1, 0.15) is 37.5 Å². The van der Waals surface area contributed by atoms with Gasteiger partial charge in [0.25, 0.3) is 0 Å². The van der Waals surface area contributed by atoms with Gasteiger partial charge in [-0.05, 0) is 18.3 Å². The molecular formula is C28H45Hf-9. The molecule has 0 atom stereocenters. The van der Waals surface area contributed by atoms with Gasteiger partial charge in [-0.3, -0.25) is 0 Å². The Morgan fingerprint density at radius 3 is 1.76 bits per heavy atom. The second kappa shape index (κ2) is 17.9. The van der Waals surface area contributed by atoms with Gasteiger partial charge in [-0.1, -0.05) is 38.3 Å². The Hall–Kier alpha value is -0.950. The average molecular weight is 560 g/mol. The predicted molar refractivity (Wildman–Crippen MR) is 137 cm³/mol.